The maximum absolute atomic E-state index is 13.1. The molecule has 5 heteroatoms. The van der Waals surface area contributed by atoms with Gasteiger partial charge in [-0.2, -0.15) is 0 Å². The molecule has 0 saturated carbocycles. The Morgan fingerprint density at radius 1 is 1.20 bits per heavy atom. The maximum atomic E-state index is 13.1. The lowest BCUT2D eigenvalue weighted by Gasteiger charge is -2.20. The number of aliphatic hydroxyl groups excluding tert-OH is 1. The highest BCUT2D eigenvalue weighted by atomic mass is 32.1. The molecule has 0 bridgehead atoms. The average molecular weight is 297 g/mol. The van der Waals surface area contributed by atoms with Crippen LogP contribution in [0.25, 0.3) is 0 Å². The van der Waals surface area contributed by atoms with Crippen molar-refractivity contribution in [1.29, 1.82) is 0 Å². The molecule has 1 heterocycles. The topological polar surface area (TPSA) is 23.5 Å². The van der Waals surface area contributed by atoms with E-state index in [1.54, 1.807) is 11.3 Å². The first-order chi connectivity index (χ1) is 9.45. The van der Waals surface area contributed by atoms with E-state index in [4.69, 9.17) is 0 Å². The molecule has 2 rings (SSSR count). The third kappa shape index (κ3) is 3.85. The minimum Gasteiger partial charge on any atom is -0.387 e. The fourth-order valence-electron chi connectivity index (χ4n) is 2.02. The van der Waals surface area contributed by atoms with Crippen molar-refractivity contribution in [2.24, 2.45) is 0 Å². The summed E-state index contributed by atoms with van der Waals surface area (Å²) in [6.45, 7) is 3.13. The first kappa shape index (κ1) is 15.1. The molecule has 20 heavy (non-hydrogen) atoms. The Labute approximate surface area is 121 Å². The summed E-state index contributed by atoms with van der Waals surface area (Å²) < 4.78 is 26.0. The summed E-state index contributed by atoms with van der Waals surface area (Å²) in [5.74, 6) is -1.83. The normalized spacial score (nSPS) is 12.9. The number of aryl methyl sites for hydroxylation is 1. The van der Waals surface area contributed by atoms with Crippen LogP contribution in [0.2, 0.25) is 0 Å². The van der Waals surface area contributed by atoms with Crippen LogP contribution in [0, 0.1) is 18.6 Å². The Bertz CT molecular complexity index is 585. The summed E-state index contributed by atoms with van der Waals surface area (Å²) >= 11 is 1.71. The summed E-state index contributed by atoms with van der Waals surface area (Å²) in [4.78, 5) is 4.41. The number of aliphatic hydroxyl groups is 1. The van der Waals surface area contributed by atoms with Crippen molar-refractivity contribution in [2.45, 2.75) is 19.6 Å². The highest BCUT2D eigenvalue weighted by Gasteiger charge is 2.13. The SMILES string of the molecule is Cc1ccc(CN(C)CC(O)c2ccc(F)c(F)c2)s1. The van der Waals surface area contributed by atoms with Gasteiger partial charge in [-0.1, -0.05) is 6.07 Å². The minimum absolute atomic E-state index is 0.363. The molecular weight excluding hydrogens is 280 g/mol. The van der Waals surface area contributed by atoms with Gasteiger partial charge in [-0.3, -0.25) is 4.90 Å². The van der Waals surface area contributed by atoms with Crippen LogP contribution >= 0.6 is 11.3 Å². The molecule has 0 aliphatic heterocycles. The van der Waals surface area contributed by atoms with Crippen molar-refractivity contribution in [3.05, 3.63) is 57.3 Å². The van der Waals surface area contributed by atoms with Crippen LogP contribution in [0.15, 0.2) is 30.3 Å². The largest absolute Gasteiger partial charge is 0.387 e. The van der Waals surface area contributed by atoms with Crippen LogP contribution in [0.3, 0.4) is 0 Å². The number of nitrogens with zero attached hydrogens (tertiary/aromatic N) is 1. The molecule has 0 aliphatic rings. The standard InChI is InChI=1S/C15H17F2NOS/c1-10-3-5-12(20-10)8-18(2)9-15(19)11-4-6-13(16)14(17)7-11/h3-7,15,19H,8-9H2,1-2H3. The molecular formula is C15H17F2NOS. The van der Waals surface area contributed by atoms with E-state index in [1.807, 2.05) is 18.9 Å². The van der Waals surface area contributed by atoms with Crippen LogP contribution in [0.1, 0.15) is 21.4 Å². The number of hydrogen-bond donors (Lipinski definition) is 1. The number of rotatable bonds is 5. The molecule has 0 saturated heterocycles. The zero-order valence-electron chi connectivity index (χ0n) is 11.4. The molecule has 1 atom stereocenters. The molecule has 2 nitrogen and oxygen atoms in total. The predicted molar refractivity (Wildman–Crippen MR) is 76.7 cm³/mol. The van der Waals surface area contributed by atoms with Crippen molar-refractivity contribution < 1.29 is 13.9 Å². The van der Waals surface area contributed by atoms with E-state index in [0.29, 0.717) is 12.1 Å². The predicted octanol–water partition coefficient (Wildman–Crippen LogP) is 3.50. The van der Waals surface area contributed by atoms with Gasteiger partial charge in [-0.25, -0.2) is 8.78 Å². The smallest absolute Gasteiger partial charge is 0.159 e. The maximum Gasteiger partial charge on any atom is 0.159 e. The number of thiophene rings is 1. The molecule has 1 N–H and O–H groups in total. The van der Waals surface area contributed by atoms with E-state index in [1.165, 1.54) is 15.8 Å². The second-order valence-electron chi connectivity index (χ2n) is 4.90. The molecule has 1 aromatic carbocycles. The molecule has 1 aromatic heterocycles. The van der Waals surface area contributed by atoms with Gasteiger partial charge in [-0.05, 0) is 43.8 Å². The Morgan fingerprint density at radius 2 is 1.95 bits per heavy atom. The van der Waals surface area contributed by atoms with E-state index >= 15 is 0 Å². The van der Waals surface area contributed by atoms with Gasteiger partial charge in [0.15, 0.2) is 11.6 Å². The summed E-state index contributed by atoms with van der Waals surface area (Å²) in [5, 5.41) is 10.1. The van der Waals surface area contributed by atoms with E-state index in [9.17, 15) is 13.9 Å². The fourth-order valence-corrected chi connectivity index (χ4v) is 2.99. The molecule has 0 spiro atoms. The number of benzene rings is 1. The average Bonchev–Trinajstić information content (AvgIpc) is 2.77. The van der Waals surface area contributed by atoms with E-state index in [0.717, 1.165) is 18.7 Å². The highest BCUT2D eigenvalue weighted by Crippen LogP contribution is 2.20. The number of halogens is 2. The summed E-state index contributed by atoms with van der Waals surface area (Å²) in [7, 11) is 1.89. The van der Waals surface area contributed by atoms with Crippen molar-refractivity contribution in [3.63, 3.8) is 0 Å². The number of hydrogen-bond acceptors (Lipinski definition) is 3. The van der Waals surface area contributed by atoms with Crippen molar-refractivity contribution in [2.75, 3.05) is 13.6 Å². The molecule has 0 aliphatic carbocycles. The fraction of sp³-hybridized carbons (Fsp3) is 0.333. The van der Waals surface area contributed by atoms with Crippen molar-refractivity contribution >= 4 is 11.3 Å². The Hall–Kier alpha value is -1.30. The van der Waals surface area contributed by atoms with Crippen LogP contribution in [0.4, 0.5) is 8.78 Å². The molecule has 108 valence electrons. The molecule has 0 radical (unpaired) electrons. The van der Waals surface area contributed by atoms with E-state index in [2.05, 4.69) is 12.1 Å². The first-order valence-electron chi connectivity index (χ1n) is 6.32. The van der Waals surface area contributed by atoms with Gasteiger partial charge in [0.25, 0.3) is 0 Å². The Kier molecular flexibility index (Phi) is 4.86. The minimum atomic E-state index is -0.932. The summed E-state index contributed by atoms with van der Waals surface area (Å²) in [6.07, 6.45) is -0.837. The third-order valence-electron chi connectivity index (χ3n) is 3.03. The van der Waals surface area contributed by atoms with Gasteiger partial charge in [-0.15, -0.1) is 11.3 Å². The van der Waals surface area contributed by atoms with Crippen molar-refractivity contribution in [3.8, 4) is 0 Å². The van der Waals surface area contributed by atoms with Gasteiger partial charge in [0, 0.05) is 22.8 Å². The monoisotopic (exact) mass is 297 g/mol. The zero-order chi connectivity index (χ0) is 14.7. The Morgan fingerprint density at radius 3 is 2.55 bits per heavy atom. The third-order valence-corrected chi connectivity index (χ3v) is 4.02. The lowest BCUT2D eigenvalue weighted by atomic mass is 10.1. The van der Waals surface area contributed by atoms with Crippen LogP contribution in [-0.4, -0.2) is 23.6 Å². The van der Waals surface area contributed by atoms with Gasteiger partial charge >= 0.3 is 0 Å². The second-order valence-corrected chi connectivity index (χ2v) is 6.27. The van der Waals surface area contributed by atoms with Gasteiger partial charge < -0.3 is 5.11 Å². The highest BCUT2D eigenvalue weighted by molar-refractivity contribution is 7.11. The van der Waals surface area contributed by atoms with E-state index in [-0.39, 0.29) is 0 Å². The van der Waals surface area contributed by atoms with Crippen LogP contribution in [-0.2, 0) is 6.54 Å². The zero-order valence-corrected chi connectivity index (χ0v) is 12.3. The second kappa shape index (κ2) is 6.43. The Balaban J connectivity index is 1.96. The van der Waals surface area contributed by atoms with Crippen LogP contribution in [0.5, 0.6) is 0 Å². The quantitative estimate of drug-likeness (QED) is 0.913. The lowest BCUT2D eigenvalue weighted by molar-refractivity contribution is 0.124. The van der Waals surface area contributed by atoms with E-state index < -0.39 is 17.7 Å². The summed E-state index contributed by atoms with van der Waals surface area (Å²) in [6, 6.07) is 7.60. The van der Waals surface area contributed by atoms with Gasteiger partial charge in [0.2, 0.25) is 0 Å². The molecule has 2 aromatic rings. The molecule has 1 unspecified atom stereocenters. The van der Waals surface area contributed by atoms with Crippen molar-refractivity contribution in [1.82, 2.24) is 4.90 Å². The van der Waals surface area contributed by atoms with Crippen LogP contribution < -0.4 is 0 Å². The first-order valence-corrected chi connectivity index (χ1v) is 7.14. The van der Waals surface area contributed by atoms with Gasteiger partial charge in [0.1, 0.15) is 0 Å². The summed E-state index contributed by atoms with van der Waals surface area (Å²) in [5.41, 5.74) is 0.387. The number of likely N-dealkylation sites (N-methyl/N-ethyl adjacent to an activating group) is 1. The molecule has 0 fully saturated rings. The lowest BCUT2D eigenvalue weighted by Crippen LogP contribution is -2.24. The molecule has 0 amide bonds. The van der Waals surface area contributed by atoms with Gasteiger partial charge in [0.05, 0.1) is 6.10 Å².